The van der Waals surface area contributed by atoms with Crippen LogP contribution in [0.5, 0.6) is 0 Å². The molecule has 0 saturated carbocycles. The summed E-state index contributed by atoms with van der Waals surface area (Å²) in [6.07, 6.45) is 1.94. The highest BCUT2D eigenvalue weighted by molar-refractivity contribution is 8.06. The van der Waals surface area contributed by atoms with Crippen molar-refractivity contribution in [1.29, 1.82) is 0 Å². The summed E-state index contributed by atoms with van der Waals surface area (Å²) in [5.74, 6) is -1.36. The quantitative estimate of drug-likeness (QED) is 0.588. The second-order valence-corrected chi connectivity index (χ2v) is 7.60. The number of sulfonamides is 1. The van der Waals surface area contributed by atoms with E-state index in [1.54, 1.807) is 0 Å². The van der Waals surface area contributed by atoms with Crippen LogP contribution in [0.15, 0.2) is 12.7 Å². The molecule has 0 atom stereocenters. The molecule has 0 rings (SSSR count). The number of rotatable bonds is 7. The zero-order chi connectivity index (χ0) is 13.0. The maximum absolute atomic E-state index is 11.5. The van der Waals surface area contributed by atoms with Crippen LogP contribution in [0.25, 0.3) is 0 Å². The van der Waals surface area contributed by atoms with Gasteiger partial charge in [-0.25, -0.2) is 16.8 Å². The van der Waals surface area contributed by atoms with Crippen molar-refractivity contribution in [2.75, 3.05) is 24.4 Å². The minimum Gasteiger partial charge on any atom is -0.480 e. The molecule has 0 aliphatic heterocycles. The van der Waals surface area contributed by atoms with E-state index in [1.165, 1.54) is 6.08 Å². The van der Waals surface area contributed by atoms with E-state index in [4.69, 9.17) is 5.11 Å². The second-order valence-electron chi connectivity index (χ2n) is 3.13. The van der Waals surface area contributed by atoms with E-state index < -0.39 is 37.5 Å². The Morgan fingerprint density at radius 1 is 1.38 bits per heavy atom. The van der Waals surface area contributed by atoms with Crippen molar-refractivity contribution in [2.24, 2.45) is 0 Å². The predicted octanol–water partition coefficient (Wildman–Crippen LogP) is -1.11. The van der Waals surface area contributed by atoms with Gasteiger partial charge in [0, 0.05) is 12.8 Å². The average Bonchev–Trinajstić information content (AvgIpc) is 1.97. The fourth-order valence-corrected chi connectivity index (χ4v) is 4.32. The molecule has 0 bridgehead atoms. The number of nitrogens with zero attached hydrogens (tertiary/aromatic N) is 1. The molecule has 0 radical (unpaired) electrons. The first-order chi connectivity index (χ1) is 7.08. The van der Waals surface area contributed by atoms with Crippen molar-refractivity contribution in [3.05, 3.63) is 12.7 Å². The van der Waals surface area contributed by atoms with E-state index in [2.05, 4.69) is 6.58 Å². The summed E-state index contributed by atoms with van der Waals surface area (Å²) in [6, 6.07) is 0. The first kappa shape index (κ1) is 15.1. The highest BCUT2D eigenvalue weighted by Crippen LogP contribution is 2.04. The molecule has 0 aliphatic rings. The third-order valence-corrected chi connectivity index (χ3v) is 5.37. The van der Waals surface area contributed by atoms with E-state index in [0.717, 1.165) is 6.26 Å². The summed E-state index contributed by atoms with van der Waals surface area (Å²) in [5, 5.41) is 7.37. The van der Waals surface area contributed by atoms with Gasteiger partial charge in [0.2, 0.25) is 10.0 Å². The van der Waals surface area contributed by atoms with Crippen LogP contribution in [0.2, 0.25) is 0 Å². The zero-order valence-corrected chi connectivity index (χ0v) is 10.3. The Bertz CT molecular complexity index is 463. The summed E-state index contributed by atoms with van der Waals surface area (Å²) in [7, 11) is -7.88. The molecule has 94 valence electrons. The minimum atomic E-state index is -4.14. The monoisotopic (exact) mass is 271 g/mol. The van der Waals surface area contributed by atoms with Crippen LogP contribution in [-0.2, 0) is 24.7 Å². The first-order valence-electron chi connectivity index (χ1n) is 4.07. The fourth-order valence-electron chi connectivity index (χ4n) is 0.916. The lowest BCUT2D eigenvalue weighted by Crippen LogP contribution is -2.38. The van der Waals surface area contributed by atoms with Gasteiger partial charge in [-0.2, -0.15) is 4.31 Å². The third kappa shape index (κ3) is 5.83. The van der Waals surface area contributed by atoms with Crippen LogP contribution in [-0.4, -0.2) is 56.6 Å². The van der Waals surface area contributed by atoms with Crippen molar-refractivity contribution in [3.63, 3.8) is 0 Å². The lowest BCUT2D eigenvalue weighted by molar-refractivity contribution is -0.137. The van der Waals surface area contributed by atoms with E-state index in [1.807, 2.05) is 0 Å². The van der Waals surface area contributed by atoms with E-state index >= 15 is 0 Å². The Morgan fingerprint density at radius 2 is 1.88 bits per heavy atom. The molecule has 16 heavy (non-hydrogen) atoms. The number of hydrogen-bond donors (Lipinski definition) is 1. The van der Waals surface area contributed by atoms with Gasteiger partial charge in [0.1, 0.15) is 6.54 Å². The number of aliphatic carboxylic acids is 1. The smallest absolute Gasteiger partial charge is 0.318 e. The molecule has 0 aromatic rings. The third-order valence-electron chi connectivity index (χ3n) is 1.40. The summed E-state index contributed by atoms with van der Waals surface area (Å²) in [4.78, 5) is 10.4. The molecule has 0 amide bonds. The predicted molar refractivity (Wildman–Crippen MR) is 58.0 cm³/mol. The van der Waals surface area contributed by atoms with E-state index in [0.29, 0.717) is 4.31 Å². The highest BCUT2D eigenvalue weighted by atomic mass is 32.3. The maximum atomic E-state index is 11.5. The van der Waals surface area contributed by atoms with Crippen LogP contribution >= 0.6 is 0 Å². The lowest BCUT2D eigenvalue weighted by Gasteiger charge is -2.17. The molecule has 9 heteroatoms. The van der Waals surface area contributed by atoms with Crippen LogP contribution in [0.4, 0.5) is 0 Å². The van der Waals surface area contributed by atoms with Gasteiger partial charge < -0.3 is 5.11 Å². The van der Waals surface area contributed by atoms with Crippen LogP contribution in [0, 0.1) is 0 Å². The Kier molecular flexibility index (Phi) is 5.10. The van der Waals surface area contributed by atoms with Gasteiger partial charge in [-0.05, 0) is 0 Å². The fraction of sp³-hybridized carbons (Fsp3) is 0.571. The summed E-state index contributed by atoms with van der Waals surface area (Å²) >= 11 is 0. The SMILES string of the molecule is C=CCN(CC(=O)O)S(=O)(=O)CS(C)(=O)=O. The van der Waals surface area contributed by atoms with Gasteiger partial charge in [0.25, 0.3) is 0 Å². The van der Waals surface area contributed by atoms with Gasteiger partial charge >= 0.3 is 5.97 Å². The zero-order valence-electron chi connectivity index (χ0n) is 8.66. The van der Waals surface area contributed by atoms with E-state index in [-0.39, 0.29) is 6.54 Å². The number of carbonyl (C=O) groups is 1. The van der Waals surface area contributed by atoms with Crippen molar-refractivity contribution in [3.8, 4) is 0 Å². The Morgan fingerprint density at radius 3 is 2.19 bits per heavy atom. The molecule has 7 nitrogen and oxygen atoms in total. The van der Waals surface area contributed by atoms with Gasteiger partial charge in [-0.1, -0.05) is 6.08 Å². The topological polar surface area (TPSA) is 109 Å². The molecule has 0 aliphatic carbocycles. The maximum Gasteiger partial charge on any atom is 0.318 e. The van der Waals surface area contributed by atoms with Gasteiger partial charge in [-0.3, -0.25) is 4.79 Å². The van der Waals surface area contributed by atoms with Crippen LogP contribution < -0.4 is 0 Å². The molecule has 1 N–H and O–H groups in total. The molecule has 0 unspecified atom stereocenters. The molecule has 0 fully saturated rings. The van der Waals surface area contributed by atoms with Gasteiger partial charge in [0.05, 0.1) is 0 Å². The number of carboxylic acid groups (broad SMARTS) is 1. The normalized spacial score (nSPS) is 12.6. The summed E-state index contributed by atoms with van der Waals surface area (Å²) < 4.78 is 45.3. The number of hydrogen-bond acceptors (Lipinski definition) is 5. The molecule has 0 heterocycles. The largest absolute Gasteiger partial charge is 0.480 e. The van der Waals surface area contributed by atoms with Crippen molar-refractivity contribution in [1.82, 2.24) is 4.31 Å². The van der Waals surface area contributed by atoms with Crippen molar-refractivity contribution >= 4 is 25.8 Å². The molecular formula is C7H13NO6S2. The molecule has 0 aromatic heterocycles. The second kappa shape index (κ2) is 5.41. The first-order valence-corrected chi connectivity index (χ1v) is 7.73. The standard InChI is InChI=1S/C7H13NO6S2/c1-3-4-8(5-7(9)10)16(13,14)6-15(2,11)12/h3H,1,4-6H2,2H3,(H,9,10). The molecule has 0 spiro atoms. The van der Waals surface area contributed by atoms with Crippen LogP contribution in [0.3, 0.4) is 0 Å². The molecule has 0 saturated heterocycles. The lowest BCUT2D eigenvalue weighted by atomic mass is 10.6. The highest BCUT2D eigenvalue weighted by Gasteiger charge is 2.27. The van der Waals surface area contributed by atoms with Crippen molar-refractivity contribution < 1.29 is 26.7 Å². The van der Waals surface area contributed by atoms with Gasteiger partial charge in [0.15, 0.2) is 14.9 Å². The summed E-state index contributed by atoms with van der Waals surface area (Å²) in [5.41, 5.74) is 0. The van der Waals surface area contributed by atoms with Crippen molar-refractivity contribution in [2.45, 2.75) is 0 Å². The minimum absolute atomic E-state index is 0.246. The Hall–Kier alpha value is -0.930. The van der Waals surface area contributed by atoms with Gasteiger partial charge in [-0.15, -0.1) is 6.58 Å². The number of carboxylic acids is 1. The number of sulfone groups is 1. The van der Waals surface area contributed by atoms with Crippen LogP contribution in [0.1, 0.15) is 0 Å². The summed E-state index contributed by atoms with van der Waals surface area (Å²) in [6.45, 7) is 2.24. The molecular weight excluding hydrogens is 258 g/mol. The Balaban J connectivity index is 5.04. The average molecular weight is 271 g/mol. The molecule has 0 aromatic carbocycles. The Labute approximate surface area is 94.3 Å². The van der Waals surface area contributed by atoms with E-state index in [9.17, 15) is 21.6 Å².